The van der Waals surface area contributed by atoms with Crippen molar-refractivity contribution in [1.29, 1.82) is 0 Å². The average molecular weight is 521 g/mol. The van der Waals surface area contributed by atoms with Crippen molar-refractivity contribution in [2.75, 3.05) is 19.7 Å². The van der Waals surface area contributed by atoms with Gasteiger partial charge in [0.25, 0.3) is 5.56 Å². The number of phenols is 2. The van der Waals surface area contributed by atoms with Crippen molar-refractivity contribution in [3.8, 4) is 11.5 Å². The number of carbonyl (C=O) groups excluding carboxylic acids is 1. The first kappa shape index (κ1) is 23.7. The molecule has 10 heteroatoms. The molecule has 2 aromatic heterocycles. The van der Waals surface area contributed by atoms with Crippen LogP contribution in [0.1, 0.15) is 71.8 Å². The van der Waals surface area contributed by atoms with Gasteiger partial charge in [-0.15, -0.1) is 0 Å². The molecule has 7 rings (SSSR count). The van der Waals surface area contributed by atoms with Gasteiger partial charge in [0, 0.05) is 47.7 Å². The van der Waals surface area contributed by atoms with Crippen molar-refractivity contribution >= 4 is 11.6 Å². The summed E-state index contributed by atoms with van der Waals surface area (Å²) >= 11 is 0. The number of carbonyl (C=O) groups is 1. The van der Waals surface area contributed by atoms with Gasteiger partial charge in [-0.3, -0.25) is 14.8 Å². The molecule has 3 heterocycles. The molecule has 4 aliphatic rings. The number of esters is 1. The Labute approximate surface area is 218 Å². The van der Waals surface area contributed by atoms with E-state index in [0.29, 0.717) is 35.6 Å². The summed E-state index contributed by atoms with van der Waals surface area (Å²) in [6, 6.07) is 3.11. The van der Waals surface area contributed by atoms with E-state index in [2.05, 4.69) is 10.00 Å². The van der Waals surface area contributed by atoms with Crippen LogP contribution in [0.15, 0.2) is 23.1 Å². The quantitative estimate of drug-likeness (QED) is 0.302. The minimum absolute atomic E-state index is 0.0651. The fourth-order valence-corrected chi connectivity index (χ4v) is 7.82. The van der Waals surface area contributed by atoms with Crippen LogP contribution in [0, 0.1) is 5.92 Å². The summed E-state index contributed by atoms with van der Waals surface area (Å²) in [5, 5.41) is 37.4. The number of H-pyrrole nitrogens is 1. The SMILES string of the molecule is CCOC(=O)c1c[nH]n2c(=O)c3c(nc12)[C@H](C)[C@]12CCN(CC4CC4)[C@H](Cc4ccc(O)c(O)c41)[C@]2(O)C3. The normalized spacial score (nSPS) is 30.0. The zero-order valence-electron chi connectivity index (χ0n) is 21.5. The van der Waals surface area contributed by atoms with Crippen LogP contribution in [-0.2, 0) is 23.0 Å². The number of likely N-dealkylation sites (tertiary alicyclic amines) is 1. The van der Waals surface area contributed by atoms with E-state index in [0.717, 1.165) is 18.7 Å². The summed E-state index contributed by atoms with van der Waals surface area (Å²) in [6.07, 6.45) is 4.92. The van der Waals surface area contributed by atoms with Crippen LogP contribution >= 0.6 is 0 Å². The van der Waals surface area contributed by atoms with Gasteiger partial charge in [0.1, 0.15) is 5.56 Å². The van der Waals surface area contributed by atoms with Crippen molar-refractivity contribution in [3.63, 3.8) is 0 Å². The highest BCUT2D eigenvalue weighted by molar-refractivity contribution is 5.95. The number of aromatic hydroxyl groups is 2. The molecule has 2 fully saturated rings. The first-order valence-corrected chi connectivity index (χ1v) is 13.5. The number of nitrogens with one attached hydrogen (secondary N) is 1. The highest BCUT2D eigenvalue weighted by Gasteiger charge is 2.68. The van der Waals surface area contributed by atoms with Gasteiger partial charge in [-0.2, -0.15) is 0 Å². The lowest BCUT2D eigenvalue weighted by Crippen LogP contribution is -2.75. The highest BCUT2D eigenvalue weighted by Crippen LogP contribution is 2.64. The van der Waals surface area contributed by atoms with Gasteiger partial charge < -0.3 is 20.1 Å². The lowest BCUT2D eigenvalue weighted by Gasteiger charge is -2.65. The van der Waals surface area contributed by atoms with Crippen LogP contribution in [0.5, 0.6) is 11.5 Å². The number of phenolic OH excluding ortho intramolecular Hbond substituents is 2. The number of hydrogen-bond donors (Lipinski definition) is 4. The number of aliphatic hydroxyl groups is 1. The number of benzene rings is 1. The van der Waals surface area contributed by atoms with Gasteiger partial charge in [0.15, 0.2) is 17.1 Å². The van der Waals surface area contributed by atoms with E-state index in [1.807, 2.05) is 13.0 Å². The van der Waals surface area contributed by atoms with Crippen LogP contribution in [0.4, 0.5) is 0 Å². The van der Waals surface area contributed by atoms with Gasteiger partial charge in [-0.05, 0) is 56.7 Å². The molecule has 1 saturated heterocycles. The Morgan fingerprint density at radius 2 is 2.08 bits per heavy atom. The van der Waals surface area contributed by atoms with E-state index in [4.69, 9.17) is 9.72 Å². The summed E-state index contributed by atoms with van der Waals surface area (Å²) in [4.78, 5) is 33.6. The fourth-order valence-electron chi connectivity index (χ4n) is 7.82. The van der Waals surface area contributed by atoms with Gasteiger partial charge in [0.05, 0.1) is 17.9 Å². The summed E-state index contributed by atoms with van der Waals surface area (Å²) in [7, 11) is 0. The monoisotopic (exact) mass is 520 g/mol. The molecule has 38 heavy (non-hydrogen) atoms. The Hall–Kier alpha value is -3.37. The molecule has 0 amide bonds. The van der Waals surface area contributed by atoms with Crippen molar-refractivity contribution in [1.82, 2.24) is 19.5 Å². The number of ether oxygens (including phenoxy) is 1. The van der Waals surface area contributed by atoms with Crippen molar-refractivity contribution < 1.29 is 24.9 Å². The maximum Gasteiger partial charge on any atom is 0.343 e. The molecule has 1 aliphatic heterocycles. The number of aromatic nitrogens is 3. The standard InChI is InChI=1S/C28H32N4O6/c1-3-38-26(36)18-12-29-32-24(18)30-22-14(2)27-8-9-31(13-15-4-5-15)20(28(27,37)11-17(22)25(32)35)10-16-6-7-19(33)23(34)21(16)27/h6-7,12,14-15,20,29,33-34,37H,3-5,8-11,13H2,1-2H3/t14-,20+,27+,28+/m0/s1. The molecule has 3 aliphatic carbocycles. The molecule has 0 spiro atoms. The molecule has 200 valence electrons. The fraction of sp³-hybridized carbons (Fsp3) is 0.536. The number of rotatable bonds is 4. The number of piperidine rings is 1. The summed E-state index contributed by atoms with van der Waals surface area (Å²) < 4.78 is 6.42. The maximum absolute atomic E-state index is 13.8. The second-order valence-electron chi connectivity index (χ2n) is 11.5. The third kappa shape index (κ3) is 2.87. The van der Waals surface area contributed by atoms with E-state index in [9.17, 15) is 24.9 Å². The molecule has 0 radical (unpaired) electrons. The molecule has 0 unspecified atom stereocenters. The zero-order chi connectivity index (χ0) is 26.6. The third-order valence-electron chi connectivity index (χ3n) is 9.73. The largest absolute Gasteiger partial charge is 0.504 e. The Kier molecular flexibility index (Phi) is 4.89. The molecular weight excluding hydrogens is 488 g/mol. The molecule has 10 nitrogen and oxygen atoms in total. The predicted octanol–water partition coefficient (Wildman–Crippen LogP) is 1.98. The van der Waals surface area contributed by atoms with Gasteiger partial charge >= 0.3 is 5.97 Å². The Morgan fingerprint density at radius 1 is 1.29 bits per heavy atom. The van der Waals surface area contributed by atoms with Crippen molar-refractivity contribution in [2.45, 2.75) is 68.9 Å². The van der Waals surface area contributed by atoms with Crippen LogP contribution < -0.4 is 5.56 Å². The summed E-state index contributed by atoms with van der Waals surface area (Å²) in [6.45, 7) is 5.48. The maximum atomic E-state index is 13.8. The Bertz CT molecular complexity index is 1560. The van der Waals surface area contributed by atoms with Crippen molar-refractivity contribution in [2.24, 2.45) is 5.92 Å². The van der Waals surface area contributed by atoms with Crippen LogP contribution in [-0.4, -0.2) is 72.1 Å². The molecule has 4 atom stereocenters. The smallest absolute Gasteiger partial charge is 0.343 e. The van der Waals surface area contributed by atoms with E-state index in [1.54, 1.807) is 6.92 Å². The Balaban J connectivity index is 1.48. The minimum Gasteiger partial charge on any atom is -0.504 e. The van der Waals surface area contributed by atoms with E-state index >= 15 is 0 Å². The summed E-state index contributed by atoms with van der Waals surface area (Å²) in [5.74, 6) is -0.861. The van der Waals surface area contributed by atoms with E-state index in [-0.39, 0.29) is 47.3 Å². The number of hydrogen-bond acceptors (Lipinski definition) is 8. The highest BCUT2D eigenvalue weighted by atomic mass is 16.5. The van der Waals surface area contributed by atoms with Gasteiger partial charge in [0.2, 0.25) is 0 Å². The molecule has 2 bridgehead atoms. The number of aromatic amines is 1. The third-order valence-corrected chi connectivity index (χ3v) is 9.73. The Morgan fingerprint density at radius 3 is 2.82 bits per heavy atom. The number of nitrogens with zero attached hydrogens (tertiary/aromatic N) is 3. The lowest BCUT2D eigenvalue weighted by atomic mass is 9.46. The topological polar surface area (TPSA) is 140 Å². The van der Waals surface area contributed by atoms with E-state index < -0.39 is 22.9 Å². The second kappa shape index (κ2) is 7.83. The average Bonchev–Trinajstić information content (AvgIpc) is 3.60. The molecular formula is C28H32N4O6. The van der Waals surface area contributed by atoms with Crippen molar-refractivity contribution in [3.05, 3.63) is 56.6 Å². The molecule has 1 saturated carbocycles. The summed E-state index contributed by atoms with van der Waals surface area (Å²) in [5.41, 5.74) is 0.0313. The molecule has 4 N–H and O–H groups in total. The van der Waals surface area contributed by atoms with Gasteiger partial charge in [-0.25, -0.2) is 14.3 Å². The molecule has 3 aromatic rings. The molecule has 1 aromatic carbocycles. The van der Waals surface area contributed by atoms with Gasteiger partial charge in [-0.1, -0.05) is 13.0 Å². The van der Waals surface area contributed by atoms with Crippen LogP contribution in [0.3, 0.4) is 0 Å². The van der Waals surface area contributed by atoms with Crippen LogP contribution in [0.25, 0.3) is 5.65 Å². The second-order valence-corrected chi connectivity index (χ2v) is 11.5. The first-order valence-electron chi connectivity index (χ1n) is 13.5. The minimum atomic E-state index is -1.36. The first-order chi connectivity index (χ1) is 18.2. The predicted molar refractivity (Wildman–Crippen MR) is 137 cm³/mol. The lowest BCUT2D eigenvalue weighted by molar-refractivity contribution is -0.160. The number of fused-ring (bicyclic) bond motifs is 3. The zero-order valence-corrected chi connectivity index (χ0v) is 21.5. The van der Waals surface area contributed by atoms with E-state index in [1.165, 1.54) is 29.6 Å². The van der Waals surface area contributed by atoms with Crippen LogP contribution in [0.2, 0.25) is 0 Å².